The van der Waals surface area contributed by atoms with Gasteiger partial charge in [0, 0.05) is 35.0 Å². The average molecular weight is 305 g/mol. The molecule has 16 heavy (non-hydrogen) atoms. The first-order chi connectivity index (χ1) is 7.56. The molecular weight excluding hydrogens is 289 g/mol. The zero-order valence-corrected chi connectivity index (χ0v) is 11.5. The van der Waals surface area contributed by atoms with Crippen LogP contribution in [0.15, 0.2) is 22.7 Å². The van der Waals surface area contributed by atoms with Crippen LogP contribution in [-0.2, 0) is 6.54 Å². The molecule has 1 aromatic rings. The van der Waals surface area contributed by atoms with Crippen molar-refractivity contribution in [1.29, 1.82) is 0 Å². The number of nitrogens with zero attached hydrogens (tertiary/aromatic N) is 1. The van der Waals surface area contributed by atoms with Crippen LogP contribution < -0.4 is 0 Å². The fraction of sp³-hybridized carbons (Fsp3) is 0.500. The highest BCUT2D eigenvalue weighted by atomic mass is 79.9. The SMILES string of the molecule is C[C@H](O)C1CN(Cc2cc(Cl)ccc2Br)C1. The molecule has 0 aromatic heterocycles. The molecule has 4 heteroatoms. The van der Waals surface area contributed by atoms with Crippen molar-refractivity contribution in [3.8, 4) is 0 Å². The Morgan fingerprint density at radius 2 is 2.25 bits per heavy atom. The Labute approximate surface area is 109 Å². The highest BCUT2D eigenvalue weighted by Gasteiger charge is 2.30. The highest BCUT2D eigenvalue weighted by Crippen LogP contribution is 2.26. The number of aliphatic hydroxyl groups is 1. The van der Waals surface area contributed by atoms with Gasteiger partial charge in [-0.25, -0.2) is 0 Å². The van der Waals surface area contributed by atoms with Gasteiger partial charge in [0.2, 0.25) is 0 Å². The Hall–Kier alpha value is -0.0900. The average Bonchev–Trinajstić information content (AvgIpc) is 2.15. The van der Waals surface area contributed by atoms with Gasteiger partial charge in [0.15, 0.2) is 0 Å². The van der Waals surface area contributed by atoms with E-state index in [4.69, 9.17) is 11.6 Å². The predicted octanol–water partition coefficient (Wildman–Crippen LogP) is 2.92. The monoisotopic (exact) mass is 303 g/mol. The third-order valence-electron chi connectivity index (χ3n) is 3.07. The zero-order valence-electron chi connectivity index (χ0n) is 9.16. The summed E-state index contributed by atoms with van der Waals surface area (Å²) in [6.45, 7) is 4.69. The van der Waals surface area contributed by atoms with E-state index in [0.29, 0.717) is 5.92 Å². The van der Waals surface area contributed by atoms with Crippen molar-refractivity contribution in [2.24, 2.45) is 5.92 Å². The van der Waals surface area contributed by atoms with Gasteiger partial charge in [-0.3, -0.25) is 4.90 Å². The smallest absolute Gasteiger partial charge is 0.0564 e. The van der Waals surface area contributed by atoms with Gasteiger partial charge in [-0.2, -0.15) is 0 Å². The standard InChI is InChI=1S/C12H15BrClNO/c1-8(16)10-6-15(7-10)5-9-4-11(14)2-3-12(9)13/h2-4,8,10,16H,5-7H2,1H3/t8-/m0/s1. The lowest BCUT2D eigenvalue weighted by Gasteiger charge is -2.41. The topological polar surface area (TPSA) is 23.5 Å². The molecule has 1 aliphatic heterocycles. The first kappa shape index (κ1) is 12.4. The number of hydrogen-bond acceptors (Lipinski definition) is 2. The third kappa shape index (κ3) is 2.77. The second kappa shape index (κ2) is 5.05. The second-order valence-electron chi connectivity index (χ2n) is 4.43. The fourth-order valence-electron chi connectivity index (χ4n) is 1.95. The summed E-state index contributed by atoms with van der Waals surface area (Å²) in [5.41, 5.74) is 1.21. The van der Waals surface area contributed by atoms with Crippen molar-refractivity contribution >= 4 is 27.5 Å². The number of rotatable bonds is 3. The summed E-state index contributed by atoms with van der Waals surface area (Å²) in [4.78, 5) is 2.31. The number of aliphatic hydroxyl groups excluding tert-OH is 1. The van der Waals surface area contributed by atoms with Crippen molar-refractivity contribution < 1.29 is 5.11 Å². The number of likely N-dealkylation sites (tertiary alicyclic amines) is 1. The summed E-state index contributed by atoms with van der Waals surface area (Å²) in [6, 6.07) is 5.84. The van der Waals surface area contributed by atoms with Gasteiger partial charge in [0.05, 0.1) is 6.10 Å². The molecule has 0 bridgehead atoms. The van der Waals surface area contributed by atoms with Crippen molar-refractivity contribution in [2.75, 3.05) is 13.1 Å². The van der Waals surface area contributed by atoms with Crippen LogP contribution in [0.5, 0.6) is 0 Å². The fourth-order valence-corrected chi connectivity index (χ4v) is 2.52. The van der Waals surface area contributed by atoms with Crippen LogP contribution in [0.3, 0.4) is 0 Å². The Balaban J connectivity index is 1.94. The summed E-state index contributed by atoms with van der Waals surface area (Å²) in [6.07, 6.45) is -0.195. The van der Waals surface area contributed by atoms with Crippen molar-refractivity contribution in [1.82, 2.24) is 4.90 Å². The zero-order chi connectivity index (χ0) is 11.7. The summed E-state index contributed by atoms with van der Waals surface area (Å²) in [5.74, 6) is 0.429. The minimum Gasteiger partial charge on any atom is -0.393 e. The van der Waals surface area contributed by atoms with E-state index in [1.54, 1.807) is 0 Å². The van der Waals surface area contributed by atoms with E-state index in [0.717, 1.165) is 29.1 Å². The van der Waals surface area contributed by atoms with Gasteiger partial charge in [-0.1, -0.05) is 27.5 Å². The molecule has 0 spiro atoms. The summed E-state index contributed by atoms with van der Waals surface area (Å²) >= 11 is 9.48. The van der Waals surface area contributed by atoms with E-state index in [1.165, 1.54) is 5.56 Å². The van der Waals surface area contributed by atoms with E-state index >= 15 is 0 Å². The number of halogens is 2. The molecule has 1 aromatic carbocycles. The molecule has 0 radical (unpaired) electrons. The Bertz CT molecular complexity index is 377. The first-order valence-electron chi connectivity index (χ1n) is 5.40. The predicted molar refractivity (Wildman–Crippen MR) is 69.6 cm³/mol. The molecule has 0 saturated carbocycles. The van der Waals surface area contributed by atoms with E-state index < -0.39 is 0 Å². The number of hydrogen-bond donors (Lipinski definition) is 1. The maximum atomic E-state index is 9.40. The highest BCUT2D eigenvalue weighted by molar-refractivity contribution is 9.10. The van der Waals surface area contributed by atoms with Crippen LogP contribution >= 0.6 is 27.5 Å². The lowest BCUT2D eigenvalue weighted by molar-refractivity contribution is 0.00111. The van der Waals surface area contributed by atoms with Crippen molar-refractivity contribution in [2.45, 2.75) is 19.6 Å². The molecule has 1 atom stereocenters. The molecule has 1 N–H and O–H groups in total. The number of benzene rings is 1. The first-order valence-corrected chi connectivity index (χ1v) is 6.57. The molecule has 2 nitrogen and oxygen atoms in total. The third-order valence-corrected chi connectivity index (χ3v) is 4.08. The molecule has 1 aliphatic rings. The van der Waals surface area contributed by atoms with Crippen LogP contribution in [0.2, 0.25) is 5.02 Å². The van der Waals surface area contributed by atoms with Gasteiger partial charge in [0.1, 0.15) is 0 Å². The van der Waals surface area contributed by atoms with E-state index in [9.17, 15) is 5.11 Å². The van der Waals surface area contributed by atoms with Crippen LogP contribution in [0, 0.1) is 5.92 Å². The van der Waals surface area contributed by atoms with Crippen LogP contribution in [0.4, 0.5) is 0 Å². The van der Waals surface area contributed by atoms with Gasteiger partial charge >= 0.3 is 0 Å². The minimum atomic E-state index is -0.195. The van der Waals surface area contributed by atoms with Crippen molar-refractivity contribution in [3.63, 3.8) is 0 Å². The largest absolute Gasteiger partial charge is 0.393 e. The summed E-state index contributed by atoms with van der Waals surface area (Å²) in [7, 11) is 0. The molecule has 1 heterocycles. The minimum absolute atomic E-state index is 0.195. The van der Waals surface area contributed by atoms with Crippen molar-refractivity contribution in [3.05, 3.63) is 33.3 Å². The molecule has 0 amide bonds. The Morgan fingerprint density at radius 3 is 2.88 bits per heavy atom. The molecule has 2 rings (SSSR count). The van der Waals surface area contributed by atoms with Gasteiger partial charge < -0.3 is 5.11 Å². The van der Waals surface area contributed by atoms with Crippen LogP contribution in [0.1, 0.15) is 12.5 Å². The summed E-state index contributed by atoms with van der Waals surface area (Å²) < 4.78 is 1.09. The Kier molecular flexibility index (Phi) is 3.90. The van der Waals surface area contributed by atoms with Crippen LogP contribution in [-0.4, -0.2) is 29.2 Å². The maximum Gasteiger partial charge on any atom is 0.0564 e. The second-order valence-corrected chi connectivity index (χ2v) is 5.72. The maximum absolute atomic E-state index is 9.40. The molecule has 1 fully saturated rings. The quantitative estimate of drug-likeness (QED) is 0.928. The van der Waals surface area contributed by atoms with Gasteiger partial charge in [0.25, 0.3) is 0 Å². The summed E-state index contributed by atoms with van der Waals surface area (Å²) in [5, 5.41) is 10.2. The molecule has 0 unspecified atom stereocenters. The lowest BCUT2D eigenvalue weighted by atomic mass is 9.94. The van der Waals surface area contributed by atoms with E-state index in [1.807, 2.05) is 25.1 Å². The van der Waals surface area contributed by atoms with Gasteiger partial charge in [-0.05, 0) is 30.7 Å². The molecule has 88 valence electrons. The van der Waals surface area contributed by atoms with Crippen LogP contribution in [0.25, 0.3) is 0 Å². The lowest BCUT2D eigenvalue weighted by Crippen LogP contribution is -2.50. The molecular formula is C12H15BrClNO. The van der Waals surface area contributed by atoms with E-state index in [-0.39, 0.29) is 6.10 Å². The molecule has 0 aliphatic carbocycles. The normalized spacial score (nSPS) is 19.5. The molecule has 1 saturated heterocycles. The van der Waals surface area contributed by atoms with E-state index in [2.05, 4.69) is 20.8 Å². The van der Waals surface area contributed by atoms with Gasteiger partial charge in [-0.15, -0.1) is 0 Å². The Morgan fingerprint density at radius 1 is 1.56 bits per heavy atom.